The third-order valence-corrected chi connectivity index (χ3v) is 4.94. The van der Waals surface area contributed by atoms with E-state index in [9.17, 15) is 0 Å². The zero-order chi connectivity index (χ0) is 17.1. The number of anilines is 2. The Morgan fingerprint density at radius 3 is 3.12 bits per heavy atom. The molecule has 3 aromatic rings. The number of rotatable bonds is 5. The van der Waals surface area contributed by atoms with Crippen molar-refractivity contribution in [1.82, 2.24) is 35.0 Å². The van der Waals surface area contributed by atoms with E-state index >= 15 is 0 Å². The predicted octanol–water partition coefficient (Wildman–Crippen LogP) is 2.83. The summed E-state index contributed by atoms with van der Waals surface area (Å²) in [6.45, 7) is 3.84. The van der Waals surface area contributed by atoms with Gasteiger partial charge in [-0.3, -0.25) is 4.90 Å². The second-order valence-electron chi connectivity index (χ2n) is 6.15. The molecule has 130 valence electrons. The fraction of sp³-hybridized carbons (Fsp3) is 0.438. The van der Waals surface area contributed by atoms with Crippen molar-refractivity contribution in [2.45, 2.75) is 38.8 Å². The van der Waals surface area contributed by atoms with Crippen LogP contribution in [0.5, 0.6) is 0 Å². The van der Waals surface area contributed by atoms with E-state index < -0.39 is 0 Å². The van der Waals surface area contributed by atoms with Crippen LogP contribution in [0.15, 0.2) is 24.1 Å². The molecular formula is C16H20N8S. The van der Waals surface area contributed by atoms with Crippen LogP contribution in [0.1, 0.15) is 42.5 Å². The lowest BCUT2D eigenvalue weighted by molar-refractivity contribution is 0.135. The topological polar surface area (TPSA) is 95.5 Å². The number of piperidine rings is 1. The zero-order valence-electron chi connectivity index (χ0n) is 14.0. The van der Waals surface area contributed by atoms with Gasteiger partial charge >= 0.3 is 0 Å². The average molecular weight is 356 g/mol. The Balaban J connectivity index is 1.58. The maximum Gasteiger partial charge on any atom is 0.210 e. The molecule has 3 aromatic heterocycles. The van der Waals surface area contributed by atoms with Gasteiger partial charge in [0.2, 0.25) is 5.13 Å². The van der Waals surface area contributed by atoms with Gasteiger partial charge in [-0.05, 0) is 26.3 Å². The van der Waals surface area contributed by atoms with Crippen LogP contribution in [0.3, 0.4) is 0 Å². The number of aryl methyl sites for hydroxylation is 1. The lowest BCUT2D eigenvalue weighted by Gasteiger charge is -2.35. The van der Waals surface area contributed by atoms with Crippen LogP contribution >= 0.6 is 11.3 Å². The van der Waals surface area contributed by atoms with Gasteiger partial charge in [0.25, 0.3) is 0 Å². The van der Waals surface area contributed by atoms with Crippen molar-refractivity contribution >= 4 is 22.3 Å². The molecule has 0 amide bonds. The minimum absolute atomic E-state index is 0.286. The first-order chi connectivity index (χ1) is 12.3. The Bertz CT molecular complexity index is 802. The summed E-state index contributed by atoms with van der Waals surface area (Å²) in [4.78, 5) is 19.0. The predicted molar refractivity (Wildman–Crippen MR) is 95.6 cm³/mol. The molecule has 1 atom stereocenters. The summed E-state index contributed by atoms with van der Waals surface area (Å²) in [7, 11) is 0. The van der Waals surface area contributed by atoms with E-state index in [2.05, 4.69) is 35.4 Å². The molecule has 0 aliphatic carbocycles. The van der Waals surface area contributed by atoms with Gasteiger partial charge in [-0.2, -0.15) is 0 Å². The monoisotopic (exact) mass is 356 g/mol. The molecule has 0 unspecified atom stereocenters. The summed E-state index contributed by atoms with van der Waals surface area (Å²) >= 11 is 1.45. The van der Waals surface area contributed by atoms with Crippen LogP contribution < -0.4 is 5.32 Å². The van der Waals surface area contributed by atoms with E-state index in [0.717, 1.165) is 47.7 Å². The molecule has 0 aromatic carbocycles. The maximum atomic E-state index is 4.72. The van der Waals surface area contributed by atoms with Crippen molar-refractivity contribution in [2.24, 2.45) is 0 Å². The molecule has 25 heavy (non-hydrogen) atoms. The van der Waals surface area contributed by atoms with Crippen molar-refractivity contribution in [1.29, 1.82) is 0 Å². The highest BCUT2D eigenvalue weighted by Gasteiger charge is 2.26. The number of H-pyrrole nitrogens is 1. The molecule has 2 N–H and O–H groups in total. The number of likely N-dealkylation sites (tertiary alicyclic amines) is 1. The number of aromatic amines is 1. The molecule has 0 spiro atoms. The van der Waals surface area contributed by atoms with Crippen LogP contribution in [0.2, 0.25) is 0 Å². The van der Waals surface area contributed by atoms with E-state index in [1.165, 1.54) is 24.2 Å². The van der Waals surface area contributed by atoms with E-state index in [4.69, 9.17) is 4.98 Å². The largest absolute Gasteiger partial charge is 0.347 e. The number of nitrogens with zero attached hydrogens (tertiary/aromatic N) is 6. The van der Waals surface area contributed by atoms with Gasteiger partial charge in [0.15, 0.2) is 0 Å². The van der Waals surface area contributed by atoms with Gasteiger partial charge in [0.1, 0.15) is 17.2 Å². The summed E-state index contributed by atoms with van der Waals surface area (Å²) in [5, 5.41) is 11.8. The second kappa shape index (κ2) is 7.24. The fourth-order valence-corrected chi connectivity index (χ4v) is 3.72. The van der Waals surface area contributed by atoms with Crippen LogP contribution in [-0.4, -0.2) is 41.6 Å². The van der Waals surface area contributed by atoms with E-state index in [-0.39, 0.29) is 6.04 Å². The first-order valence-electron chi connectivity index (χ1n) is 8.38. The Hall–Kier alpha value is -2.39. The Labute approximate surface area is 149 Å². The normalized spacial score (nSPS) is 18.4. The molecule has 0 bridgehead atoms. The molecule has 4 heterocycles. The summed E-state index contributed by atoms with van der Waals surface area (Å²) in [5.41, 5.74) is 3.88. The standard InChI is InChI=1S/C16H20N8S/c1-11-20-13(6-15(21-11)22-16-23-19-10-25-16)14-4-2-3-5-24(14)8-12-7-17-9-18-12/h6-7,9-10,14H,2-5,8H2,1H3,(H,17,18)(H,20,21,22,23)/t14-/m0/s1. The van der Waals surface area contributed by atoms with Crippen LogP contribution in [-0.2, 0) is 6.54 Å². The number of aromatic nitrogens is 6. The van der Waals surface area contributed by atoms with Crippen molar-refractivity contribution in [3.8, 4) is 0 Å². The van der Waals surface area contributed by atoms with Crippen molar-refractivity contribution in [3.05, 3.63) is 41.3 Å². The van der Waals surface area contributed by atoms with Gasteiger partial charge in [-0.15, -0.1) is 10.2 Å². The molecule has 1 fully saturated rings. The highest BCUT2D eigenvalue weighted by molar-refractivity contribution is 7.13. The number of nitrogens with one attached hydrogen (secondary N) is 2. The second-order valence-corrected chi connectivity index (χ2v) is 6.99. The quantitative estimate of drug-likeness (QED) is 0.725. The number of imidazole rings is 1. The smallest absolute Gasteiger partial charge is 0.210 e. The summed E-state index contributed by atoms with van der Waals surface area (Å²) < 4.78 is 0. The van der Waals surface area contributed by atoms with Crippen molar-refractivity contribution in [2.75, 3.05) is 11.9 Å². The molecular weight excluding hydrogens is 336 g/mol. The molecule has 8 nitrogen and oxygen atoms in total. The third kappa shape index (κ3) is 3.83. The molecule has 1 aliphatic rings. The average Bonchev–Trinajstić information content (AvgIpc) is 3.29. The van der Waals surface area contributed by atoms with Gasteiger partial charge in [0.05, 0.1) is 18.1 Å². The SMILES string of the molecule is Cc1nc(Nc2nncs2)cc([C@@H]2CCCCN2Cc2cnc[nH]2)n1. The summed E-state index contributed by atoms with van der Waals surface area (Å²) in [6.07, 6.45) is 7.15. The van der Waals surface area contributed by atoms with Gasteiger partial charge < -0.3 is 10.3 Å². The lowest BCUT2D eigenvalue weighted by Crippen LogP contribution is -2.33. The van der Waals surface area contributed by atoms with E-state index in [1.807, 2.05) is 19.2 Å². The molecule has 0 radical (unpaired) electrons. The highest BCUT2D eigenvalue weighted by atomic mass is 32.1. The fourth-order valence-electron chi connectivity index (χ4n) is 3.27. The van der Waals surface area contributed by atoms with Crippen LogP contribution in [0.4, 0.5) is 10.9 Å². The van der Waals surface area contributed by atoms with Gasteiger partial charge in [-0.1, -0.05) is 17.8 Å². The minimum atomic E-state index is 0.286. The maximum absolute atomic E-state index is 4.72. The Kier molecular flexibility index (Phi) is 4.66. The van der Waals surface area contributed by atoms with Gasteiger partial charge in [0, 0.05) is 24.5 Å². The van der Waals surface area contributed by atoms with E-state index in [1.54, 1.807) is 11.8 Å². The van der Waals surface area contributed by atoms with Crippen molar-refractivity contribution in [3.63, 3.8) is 0 Å². The van der Waals surface area contributed by atoms with E-state index in [0.29, 0.717) is 0 Å². The molecule has 9 heteroatoms. The Morgan fingerprint density at radius 2 is 2.32 bits per heavy atom. The first kappa shape index (κ1) is 16.1. The number of hydrogen-bond donors (Lipinski definition) is 2. The first-order valence-corrected chi connectivity index (χ1v) is 9.26. The third-order valence-electron chi connectivity index (χ3n) is 4.34. The molecule has 0 saturated carbocycles. The number of hydrogen-bond acceptors (Lipinski definition) is 8. The van der Waals surface area contributed by atoms with Gasteiger partial charge in [-0.25, -0.2) is 15.0 Å². The molecule has 4 rings (SSSR count). The zero-order valence-corrected chi connectivity index (χ0v) is 14.8. The highest BCUT2D eigenvalue weighted by Crippen LogP contribution is 2.32. The molecule has 1 saturated heterocycles. The molecule has 1 aliphatic heterocycles. The van der Waals surface area contributed by atoms with Crippen LogP contribution in [0, 0.1) is 6.92 Å². The Morgan fingerprint density at radius 1 is 1.36 bits per heavy atom. The van der Waals surface area contributed by atoms with Crippen LogP contribution in [0.25, 0.3) is 0 Å². The minimum Gasteiger partial charge on any atom is -0.347 e. The van der Waals surface area contributed by atoms with Crippen molar-refractivity contribution < 1.29 is 0 Å². The summed E-state index contributed by atoms with van der Waals surface area (Å²) in [6, 6.07) is 2.32. The lowest BCUT2D eigenvalue weighted by atomic mass is 9.98. The summed E-state index contributed by atoms with van der Waals surface area (Å²) in [5.74, 6) is 1.53.